The lowest BCUT2D eigenvalue weighted by Gasteiger charge is -2.26. The van der Waals surface area contributed by atoms with Crippen LogP contribution in [0.15, 0.2) is 0 Å². The summed E-state index contributed by atoms with van der Waals surface area (Å²) in [5.74, 6) is 0.368. The second-order valence-corrected chi connectivity index (χ2v) is 3.39. The molecule has 0 aromatic carbocycles. The summed E-state index contributed by atoms with van der Waals surface area (Å²) in [6.07, 6.45) is 0.0881. The van der Waals surface area contributed by atoms with E-state index < -0.39 is 8.60 Å². The molecule has 1 heterocycles. The molecule has 4 heteroatoms. The highest BCUT2D eigenvalue weighted by molar-refractivity contribution is 7.39. The summed E-state index contributed by atoms with van der Waals surface area (Å²) < 4.78 is 9.71. The normalized spacial score (nSPS) is 45.0. The van der Waals surface area contributed by atoms with Gasteiger partial charge in [0.15, 0.2) is 0 Å². The van der Waals surface area contributed by atoms with Gasteiger partial charge in [-0.1, -0.05) is 6.92 Å². The summed E-state index contributed by atoms with van der Waals surface area (Å²) in [4.78, 5) is 10.6. The van der Waals surface area contributed by atoms with Gasteiger partial charge in [-0.15, -0.1) is 0 Å². The fraction of sp³-hybridized carbons (Fsp3) is 1.00. The van der Waals surface area contributed by atoms with Crippen molar-refractivity contribution in [3.63, 3.8) is 0 Å². The molecule has 1 rings (SSSR count). The van der Waals surface area contributed by atoms with E-state index in [4.69, 9.17) is 9.05 Å². The van der Waals surface area contributed by atoms with Crippen LogP contribution in [-0.2, 0) is 9.05 Å². The summed E-state index contributed by atoms with van der Waals surface area (Å²) in [6.45, 7) is 4.49. The van der Waals surface area contributed by atoms with Gasteiger partial charge in [-0.25, -0.2) is 9.05 Å². The molecule has 0 N–H and O–H groups in total. The Balaban J connectivity index is 2.35. The standard InChI is InChI=1S/C5H11O3P/c1-4-3-7-9(6)8-5(4)2/h4-5,9H,3H2,1-2H3. The van der Waals surface area contributed by atoms with E-state index in [1.807, 2.05) is 13.8 Å². The minimum atomic E-state index is -2.12. The van der Waals surface area contributed by atoms with Crippen molar-refractivity contribution in [1.82, 2.24) is 0 Å². The molecule has 0 spiro atoms. The van der Waals surface area contributed by atoms with Gasteiger partial charge in [-0.05, 0) is 6.92 Å². The van der Waals surface area contributed by atoms with Crippen molar-refractivity contribution >= 4 is 8.60 Å². The van der Waals surface area contributed by atoms with Crippen LogP contribution in [0.5, 0.6) is 0 Å². The third kappa shape index (κ3) is 1.87. The van der Waals surface area contributed by atoms with Gasteiger partial charge in [-0.2, -0.15) is 0 Å². The molecule has 3 nitrogen and oxygen atoms in total. The van der Waals surface area contributed by atoms with Crippen LogP contribution >= 0.6 is 8.60 Å². The molecule has 0 radical (unpaired) electrons. The molecule has 3 atom stereocenters. The molecule has 54 valence electrons. The number of rotatable bonds is 0. The first-order valence-corrected chi connectivity index (χ1v) is 4.26. The maximum atomic E-state index is 10.6. The lowest BCUT2D eigenvalue weighted by molar-refractivity contribution is -0.219. The highest BCUT2D eigenvalue weighted by atomic mass is 31.2. The molecule has 1 saturated heterocycles. The molecule has 3 unspecified atom stereocenters. The van der Waals surface area contributed by atoms with Gasteiger partial charge in [0.25, 0.3) is 0 Å². The van der Waals surface area contributed by atoms with E-state index in [0.717, 1.165) is 0 Å². The average molecular weight is 150 g/mol. The van der Waals surface area contributed by atoms with Crippen LogP contribution in [0.2, 0.25) is 0 Å². The second kappa shape index (κ2) is 2.93. The summed E-state index contributed by atoms with van der Waals surface area (Å²) in [6, 6.07) is 0. The molecule has 0 aromatic rings. The third-order valence-electron chi connectivity index (χ3n) is 1.55. The van der Waals surface area contributed by atoms with Crippen LogP contribution in [0, 0.1) is 5.92 Å². The SMILES string of the molecule is CC1CO[PH+]([O-])OC1C. The Kier molecular flexibility index (Phi) is 2.42. The van der Waals surface area contributed by atoms with Gasteiger partial charge < -0.3 is 4.89 Å². The molecular weight excluding hydrogens is 139 g/mol. The first-order valence-electron chi connectivity index (χ1n) is 3.03. The second-order valence-electron chi connectivity index (χ2n) is 2.36. The zero-order valence-corrected chi connectivity index (χ0v) is 6.59. The Morgan fingerprint density at radius 1 is 1.56 bits per heavy atom. The van der Waals surface area contributed by atoms with E-state index in [0.29, 0.717) is 12.5 Å². The van der Waals surface area contributed by atoms with Gasteiger partial charge in [0.2, 0.25) is 8.60 Å². The topological polar surface area (TPSA) is 41.5 Å². The molecule has 0 aromatic heterocycles. The fourth-order valence-electron chi connectivity index (χ4n) is 0.637. The largest absolute Gasteiger partial charge is 0.633 e. The predicted molar refractivity (Wildman–Crippen MR) is 34.0 cm³/mol. The van der Waals surface area contributed by atoms with Crippen LogP contribution in [0.3, 0.4) is 0 Å². The minimum Gasteiger partial charge on any atom is -0.633 e. The minimum absolute atomic E-state index is 0.0881. The summed E-state index contributed by atoms with van der Waals surface area (Å²) >= 11 is 0. The van der Waals surface area contributed by atoms with E-state index in [1.54, 1.807) is 0 Å². The number of hydrogen-bond donors (Lipinski definition) is 0. The van der Waals surface area contributed by atoms with E-state index >= 15 is 0 Å². The van der Waals surface area contributed by atoms with Gasteiger partial charge in [0, 0.05) is 5.92 Å². The van der Waals surface area contributed by atoms with E-state index in [-0.39, 0.29) is 6.10 Å². The van der Waals surface area contributed by atoms with Gasteiger partial charge >= 0.3 is 0 Å². The maximum absolute atomic E-state index is 10.6. The zero-order valence-electron chi connectivity index (χ0n) is 5.59. The fourth-order valence-corrected chi connectivity index (χ4v) is 1.64. The average Bonchev–Trinajstić information content (AvgIpc) is 1.80. The van der Waals surface area contributed by atoms with Crippen LogP contribution < -0.4 is 4.89 Å². The Morgan fingerprint density at radius 3 is 2.67 bits per heavy atom. The summed E-state index contributed by atoms with van der Waals surface area (Å²) in [7, 11) is -2.12. The highest BCUT2D eigenvalue weighted by Gasteiger charge is 2.26. The molecule has 1 fully saturated rings. The van der Waals surface area contributed by atoms with Crippen molar-refractivity contribution in [3.8, 4) is 0 Å². The Bertz CT molecular complexity index is 98.2. The highest BCUT2D eigenvalue weighted by Crippen LogP contribution is 2.37. The van der Waals surface area contributed by atoms with Crippen molar-refractivity contribution in [3.05, 3.63) is 0 Å². The van der Waals surface area contributed by atoms with E-state index in [1.165, 1.54) is 0 Å². The van der Waals surface area contributed by atoms with Crippen LogP contribution in [0.4, 0.5) is 0 Å². The molecular formula is C5H11O3P. The summed E-state index contributed by atoms with van der Waals surface area (Å²) in [5.41, 5.74) is 0. The zero-order chi connectivity index (χ0) is 6.85. The monoisotopic (exact) mass is 150 g/mol. The predicted octanol–water partition coefficient (Wildman–Crippen LogP) is 0.377. The van der Waals surface area contributed by atoms with Crippen molar-refractivity contribution in [2.45, 2.75) is 20.0 Å². The van der Waals surface area contributed by atoms with E-state index in [9.17, 15) is 4.89 Å². The van der Waals surface area contributed by atoms with Gasteiger partial charge in [0.05, 0.1) is 6.61 Å². The van der Waals surface area contributed by atoms with E-state index in [2.05, 4.69) is 0 Å². The smallest absolute Gasteiger partial charge is 0.225 e. The van der Waals surface area contributed by atoms with Crippen LogP contribution in [-0.4, -0.2) is 12.7 Å². The first kappa shape index (κ1) is 7.42. The van der Waals surface area contributed by atoms with Crippen LogP contribution in [0.1, 0.15) is 13.8 Å². The molecule has 9 heavy (non-hydrogen) atoms. The molecule has 0 amide bonds. The van der Waals surface area contributed by atoms with Crippen molar-refractivity contribution < 1.29 is 13.9 Å². The number of hydrogen-bond acceptors (Lipinski definition) is 3. The lowest BCUT2D eigenvalue weighted by atomic mass is 10.1. The summed E-state index contributed by atoms with van der Waals surface area (Å²) in [5, 5.41) is 0. The van der Waals surface area contributed by atoms with Crippen molar-refractivity contribution in [2.75, 3.05) is 6.61 Å². The first-order chi connectivity index (χ1) is 4.20. The van der Waals surface area contributed by atoms with Crippen molar-refractivity contribution in [1.29, 1.82) is 0 Å². The molecule has 0 aliphatic carbocycles. The molecule has 1 aliphatic rings. The quantitative estimate of drug-likeness (QED) is 0.468. The third-order valence-corrected chi connectivity index (χ3v) is 2.51. The Labute approximate surface area is 56.0 Å². The molecule has 1 aliphatic heterocycles. The Morgan fingerprint density at radius 2 is 2.22 bits per heavy atom. The van der Waals surface area contributed by atoms with Gasteiger partial charge in [0.1, 0.15) is 6.10 Å². The van der Waals surface area contributed by atoms with Crippen LogP contribution in [0.25, 0.3) is 0 Å². The maximum Gasteiger partial charge on any atom is 0.225 e. The Hall–Kier alpha value is 0.310. The lowest BCUT2D eigenvalue weighted by Crippen LogP contribution is -2.28. The molecule has 0 saturated carbocycles. The van der Waals surface area contributed by atoms with Crippen molar-refractivity contribution in [2.24, 2.45) is 5.92 Å². The van der Waals surface area contributed by atoms with Gasteiger partial charge in [-0.3, -0.25) is 0 Å². The molecule has 0 bridgehead atoms.